The fourth-order valence-corrected chi connectivity index (χ4v) is 1.78. The van der Waals surface area contributed by atoms with E-state index in [0.717, 1.165) is 11.4 Å². The SMILES string of the molecule is CN(C)c1ccnc(NC(=O)NCCc2ccccn2)c1. The van der Waals surface area contributed by atoms with Gasteiger partial charge in [-0.1, -0.05) is 6.07 Å². The lowest BCUT2D eigenvalue weighted by molar-refractivity contribution is 0.252. The molecule has 0 spiro atoms. The highest BCUT2D eigenvalue weighted by atomic mass is 16.2. The summed E-state index contributed by atoms with van der Waals surface area (Å²) in [6.07, 6.45) is 4.10. The maximum absolute atomic E-state index is 11.8. The number of rotatable bonds is 5. The number of nitrogens with one attached hydrogen (secondary N) is 2. The molecule has 2 amide bonds. The summed E-state index contributed by atoms with van der Waals surface area (Å²) in [7, 11) is 3.87. The summed E-state index contributed by atoms with van der Waals surface area (Å²) in [6, 6.07) is 9.16. The molecule has 2 N–H and O–H groups in total. The average Bonchev–Trinajstić information content (AvgIpc) is 2.48. The van der Waals surface area contributed by atoms with E-state index >= 15 is 0 Å². The third-order valence-electron chi connectivity index (χ3n) is 2.89. The first-order valence-electron chi connectivity index (χ1n) is 6.73. The van der Waals surface area contributed by atoms with Crippen molar-refractivity contribution in [2.24, 2.45) is 0 Å². The van der Waals surface area contributed by atoms with Crippen molar-refractivity contribution in [1.82, 2.24) is 15.3 Å². The Hall–Kier alpha value is -2.63. The van der Waals surface area contributed by atoms with Crippen molar-refractivity contribution in [3.63, 3.8) is 0 Å². The molecular weight excluding hydrogens is 266 g/mol. The lowest BCUT2D eigenvalue weighted by Crippen LogP contribution is -2.31. The highest BCUT2D eigenvalue weighted by molar-refractivity contribution is 5.88. The number of urea groups is 1. The highest BCUT2D eigenvalue weighted by Gasteiger charge is 2.04. The molecule has 6 heteroatoms. The molecule has 0 radical (unpaired) electrons. The van der Waals surface area contributed by atoms with Crippen molar-refractivity contribution in [2.75, 3.05) is 30.9 Å². The van der Waals surface area contributed by atoms with Crippen molar-refractivity contribution in [1.29, 1.82) is 0 Å². The Bertz CT molecular complexity index is 586. The second kappa shape index (κ2) is 7.23. The number of anilines is 2. The molecule has 21 heavy (non-hydrogen) atoms. The van der Waals surface area contributed by atoms with Crippen LogP contribution in [-0.4, -0.2) is 36.6 Å². The topological polar surface area (TPSA) is 70.2 Å². The molecule has 0 aliphatic carbocycles. The number of nitrogens with zero attached hydrogens (tertiary/aromatic N) is 3. The zero-order chi connectivity index (χ0) is 15.1. The van der Waals surface area contributed by atoms with Gasteiger partial charge in [-0.3, -0.25) is 10.3 Å². The molecule has 0 atom stereocenters. The monoisotopic (exact) mass is 285 g/mol. The normalized spacial score (nSPS) is 10.0. The van der Waals surface area contributed by atoms with Crippen molar-refractivity contribution < 1.29 is 4.79 Å². The lowest BCUT2D eigenvalue weighted by atomic mass is 10.3. The van der Waals surface area contributed by atoms with Crippen LogP contribution in [0.2, 0.25) is 0 Å². The van der Waals surface area contributed by atoms with Crippen LogP contribution in [-0.2, 0) is 6.42 Å². The van der Waals surface area contributed by atoms with Crippen LogP contribution in [0.5, 0.6) is 0 Å². The molecule has 0 saturated carbocycles. The number of pyridine rings is 2. The van der Waals surface area contributed by atoms with Gasteiger partial charge in [-0.25, -0.2) is 9.78 Å². The van der Waals surface area contributed by atoms with Crippen LogP contribution in [0.1, 0.15) is 5.69 Å². The summed E-state index contributed by atoms with van der Waals surface area (Å²) in [4.78, 5) is 22.1. The number of carbonyl (C=O) groups is 1. The van der Waals surface area contributed by atoms with E-state index in [1.54, 1.807) is 12.4 Å². The third kappa shape index (κ3) is 4.76. The van der Waals surface area contributed by atoms with Crippen LogP contribution >= 0.6 is 0 Å². The number of hydrogen-bond donors (Lipinski definition) is 2. The number of aromatic nitrogens is 2. The Morgan fingerprint density at radius 2 is 2.05 bits per heavy atom. The van der Waals surface area contributed by atoms with Gasteiger partial charge in [0.2, 0.25) is 0 Å². The summed E-state index contributed by atoms with van der Waals surface area (Å²) in [5.74, 6) is 0.525. The predicted molar refractivity (Wildman–Crippen MR) is 83.5 cm³/mol. The number of carbonyl (C=O) groups excluding carboxylic acids is 1. The van der Waals surface area contributed by atoms with E-state index in [-0.39, 0.29) is 6.03 Å². The minimum Gasteiger partial charge on any atom is -0.378 e. The van der Waals surface area contributed by atoms with Gasteiger partial charge in [-0.2, -0.15) is 0 Å². The summed E-state index contributed by atoms with van der Waals surface area (Å²) < 4.78 is 0. The first kappa shape index (κ1) is 14.8. The van der Waals surface area contributed by atoms with Gasteiger partial charge in [0.15, 0.2) is 0 Å². The van der Waals surface area contributed by atoms with Gasteiger partial charge in [0.1, 0.15) is 5.82 Å². The Morgan fingerprint density at radius 1 is 1.19 bits per heavy atom. The van der Waals surface area contributed by atoms with Gasteiger partial charge in [0.25, 0.3) is 0 Å². The smallest absolute Gasteiger partial charge is 0.320 e. The molecule has 0 bridgehead atoms. The Morgan fingerprint density at radius 3 is 2.76 bits per heavy atom. The minimum absolute atomic E-state index is 0.269. The van der Waals surface area contributed by atoms with Crippen LogP contribution in [0.25, 0.3) is 0 Å². The van der Waals surface area contributed by atoms with E-state index in [1.807, 2.05) is 49.3 Å². The fourth-order valence-electron chi connectivity index (χ4n) is 1.78. The fraction of sp³-hybridized carbons (Fsp3) is 0.267. The summed E-state index contributed by atoms with van der Waals surface area (Å²) in [5.41, 5.74) is 1.93. The molecule has 0 aromatic carbocycles. The number of amides is 2. The van der Waals surface area contributed by atoms with E-state index in [2.05, 4.69) is 20.6 Å². The Balaban J connectivity index is 1.80. The van der Waals surface area contributed by atoms with E-state index in [1.165, 1.54) is 0 Å². The van der Waals surface area contributed by atoms with Crippen molar-refractivity contribution >= 4 is 17.5 Å². The van der Waals surface area contributed by atoms with Crippen LogP contribution in [0, 0.1) is 0 Å². The second-order valence-electron chi connectivity index (χ2n) is 4.75. The zero-order valence-electron chi connectivity index (χ0n) is 12.2. The van der Waals surface area contributed by atoms with Gasteiger partial charge in [-0.15, -0.1) is 0 Å². The summed E-state index contributed by atoms with van der Waals surface area (Å²) in [6.45, 7) is 0.524. The predicted octanol–water partition coefficient (Wildman–Crippen LogP) is 1.91. The van der Waals surface area contributed by atoms with Crippen LogP contribution < -0.4 is 15.5 Å². The molecule has 0 aliphatic rings. The largest absolute Gasteiger partial charge is 0.378 e. The van der Waals surface area contributed by atoms with Gasteiger partial charge in [0, 0.05) is 56.9 Å². The molecule has 110 valence electrons. The van der Waals surface area contributed by atoms with E-state index in [9.17, 15) is 4.79 Å². The molecule has 0 unspecified atom stereocenters. The Labute approximate surface area is 124 Å². The molecule has 2 heterocycles. The standard InChI is InChI=1S/C15H19N5O/c1-20(2)13-7-10-17-14(11-13)19-15(21)18-9-6-12-5-3-4-8-16-12/h3-5,7-8,10-11H,6,9H2,1-2H3,(H2,17,18,19,21). The molecule has 0 saturated heterocycles. The Kier molecular flexibility index (Phi) is 5.09. The lowest BCUT2D eigenvalue weighted by Gasteiger charge is -2.13. The summed E-state index contributed by atoms with van der Waals surface area (Å²) in [5, 5.41) is 5.50. The van der Waals surface area contributed by atoms with Crippen molar-refractivity contribution in [3.05, 3.63) is 48.4 Å². The van der Waals surface area contributed by atoms with Gasteiger partial charge in [-0.05, 0) is 18.2 Å². The van der Waals surface area contributed by atoms with Gasteiger partial charge >= 0.3 is 6.03 Å². The summed E-state index contributed by atoms with van der Waals surface area (Å²) >= 11 is 0. The molecule has 0 fully saturated rings. The first-order chi connectivity index (χ1) is 10.1. The molecule has 2 rings (SSSR count). The zero-order valence-corrected chi connectivity index (χ0v) is 12.2. The van der Waals surface area contributed by atoms with E-state index in [4.69, 9.17) is 0 Å². The van der Waals surface area contributed by atoms with Crippen molar-refractivity contribution in [2.45, 2.75) is 6.42 Å². The van der Waals surface area contributed by atoms with Gasteiger partial charge < -0.3 is 10.2 Å². The number of hydrogen-bond acceptors (Lipinski definition) is 4. The first-order valence-corrected chi connectivity index (χ1v) is 6.73. The quantitative estimate of drug-likeness (QED) is 0.880. The minimum atomic E-state index is -0.269. The van der Waals surface area contributed by atoms with Crippen LogP contribution in [0.15, 0.2) is 42.7 Å². The van der Waals surface area contributed by atoms with Gasteiger partial charge in [0.05, 0.1) is 0 Å². The second-order valence-corrected chi connectivity index (χ2v) is 4.75. The highest BCUT2D eigenvalue weighted by Crippen LogP contribution is 2.14. The third-order valence-corrected chi connectivity index (χ3v) is 2.89. The molecular formula is C15H19N5O. The molecule has 2 aromatic rings. The molecule has 2 aromatic heterocycles. The maximum Gasteiger partial charge on any atom is 0.320 e. The van der Waals surface area contributed by atoms with E-state index < -0.39 is 0 Å². The maximum atomic E-state index is 11.8. The average molecular weight is 285 g/mol. The molecule has 6 nitrogen and oxygen atoms in total. The van der Waals surface area contributed by atoms with Crippen molar-refractivity contribution in [3.8, 4) is 0 Å². The van der Waals surface area contributed by atoms with E-state index in [0.29, 0.717) is 18.8 Å². The van der Waals surface area contributed by atoms with Crippen LogP contribution in [0.3, 0.4) is 0 Å². The van der Waals surface area contributed by atoms with Crippen LogP contribution in [0.4, 0.5) is 16.3 Å². The molecule has 0 aliphatic heterocycles.